The largest absolute Gasteiger partial charge is 0.493 e. The molecule has 0 saturated carbocycles. The van der Waals surface area contributed by atoms with E-state index in [0.717, 1.165) is 15.7 Å². The van der Waals surface area contributed by atoms with Crippen LogP contribution in [-0.4, -0.2) is 25.8 Å². The van der Waals surface area contributed by atoms with Crippen molar-refractivity contribution >= 4 is 39.3 Å². The number of nitrogens with zero attached hydrogens (tertiary/aromatic N) is 2. The lowest BCUT2D eigenvalue weighted by Crippen LogP contribution is -2.21. The Hall–Kier alpha value is -2.60. The Morgan fingerprint density at radius 3 is 2.36 bits per heavy atom. The van der Waals surface area contributed by atoms with Crippen LogP contribution in [0.25, 0.3) is 6.08 Å². The van der Waals surface area contributed by atoms with Crippen molar-refractivity contribution in [2.75, 3.05) is 19.2 Å². The Labute approximate surface area is 154 Å². The van der Waals surface area contributed by atoms with Crippen molar-refractivity contribution in [2.45, 2.75) is 6.92 Å². The topological polar surface area (TPSA) is 51.1 Å². The van der Waals surface area contributed by atoms with Crippen molar-refractivity contribution in [3.63, 3.8) is 0 Å². The van der Waals surface area contributed by atoms with Crippen LogP contribution in [0.15, 0.2) is 57.6 Å². The molecule has 0 aromatic heterocycles. The van der Waals surface area contributed by atoms with Gasteiger partial charge in [-0.2, -0.15) is 10.1 Å². The SMILES string of the molecule is COc1ccc(/C=C2/C(=O)N(c3ccc(Br)cc3)N=C2C)cc1OC. The van der Waals surface area contributed by atoms with E-state index < -0.39 is 0 Å². The lowest BCUT2D eigenvalue weighted by molar-refractivity contribution is -0.114. The number of ether oxygens (including phenoxy) is 2. The molecule has 0 fully saturated rings. The minimum Gasteiger partial charge on any atom is -0.493 e. The van der Waals surface area contributed by atoms with E-state index in [-0.39, 0.29) is 5.91 Å². The molecule has 0 radical (unpaired) electrons. The first-order valence-electron chi connectivity index (χ1n) is 7.63. The van der Waals surface area contributed by atoms with Crippen LogP contribution in [-0.2, 0) is 4.79 Å². The quantitative estimate of drug-likeness (QED) is 0.719. The molecule has 25 heavy (non-hydrogen) atoms. The molecule has 1 aliphatic rings. The second-order valence-electron chi connectivity index (χ2n) is 5.45. The van der Waals surface area contributed by atoms with Crippen LogP contribution in [0, 0.1) is 0 Å². The number of hydrazone groups is 1. The molecule has 1 aliphatic heterocycles. The van der Waals surface area contributed by atoms with Crippen molar-refractivity contribution in [2.24, 2.45) is 5.10 Å². The van der Waals surface area contributed by atoms with Crippen LogP contribution in [0.4, 0.5) is 5.69 Å². The Kier molecular flexibility index (Phi) is 4.90. The van der Waals surface area contributed by atoms with Crippen LogP contribution in [0.3, 0.4) is 0 Å². The lowest BCUT2D eigenvalue weighted by atomic mass is 10.1. The highest BCUT2D eigenvalue weighted by molar-refractivity contribution is 9.10. The molecule has 6 heteroatoms. The highest BCUT2D eigenvalue weighted by Gasteiger charge is 2.28. The molecule has 5 nitrogen and oxygen atoms in total. The first-order valence-corrected chi connectivity index (χ1v) is 8.42. The minimum absolute atomic E-state index is 0.158. The van der Waals surface area contributed by atoms with Gasteiger partial charge in [-0.15, -0.1) is 0 Å². The van der Waals surface area contributed by atoms with Crippen LogP contribution in [0.2, 0.25) is 0 Å². The molecule has 0 atom stereocenters. The molecule has 2 aromatic rings. The van der Waals surface area contributed by atoms with E-state index in [1.54, 1.807) is 14.2 Å². The van der Waals surface area contributed by atoms with E-state index in [0.29, 0.717) is 22.8 Å². The van der Waals surface area contributed by atoms with Gasteiger partial charge in [0.05, 0.1) is 31.2 Å². The minimum atomic E-state index is -0.158. The van der Waals surface area contributed by atoms with E-state index in [1.165, 1.54) is 5.01 Å². The maximum absolute atomic E-state index is 12.8. The zero-order valence-electron chi connectivity index (χ0n) is 14.1. The predicted octanol–water partition coefficient (Wildman–Crippen LogP) is 4.27. The average Bonchev–Trinajstić information content (AvgIpc) is 2.90. The average molecular weight is 401 g/mol. The third kappa shape index (κ3) is 3.44. The van der Waals surface area contributed by atoms with Crippen molar-refractivity contribution in [1.29, 1.82) is 0 Å². The van der Waals surface area contributed by atoms with Gasteiger partial charge in [0.1, 0.15) is 0 Å². The fourth-order valence-corrected chi connectivity index (χ4v) is 2.82. The summed E-state index contributed by atoms with van der Waals surface area (Å²) in [6, 6.07) is 13.0. The van der Waals surface area contributed by atoms with Crippen LogP contribution in [0.1, 0.15) is 12.5 Å². The number of benzene rings is 2. The molecule has 0 aliphatic carbocycles. The predicted molar refractivity (Wildman–Crippen MR) is 102 cm³/mol. The molecule has 0 spiro atoms. The summed E-state index contributed by atoms with van der Waals surface area (Å²) in [5.41, 5.74) is 2.79. The number of carbonyl (C=O) groups is 1. The molecular weight excluding hydrogens is 384 g/mol. The number of hydrogen-bond donors (Lipinski definition) is 0. The number of methoxy groups -OCH3 is 2. The van der Waals surface area contributed by atoms with E-state index in [1.807, 2.05) is 55.5 Å². The van der Waals surface area contributed by atoms with Gasteiger partial charge in [-0.05, 0) is 55.0 Å². The van der Waals surface area contributed by atoms with E-state index in [4.69, 9.17) is 9.47 Å². The number of anilines is 1. The highest BCUT2D eigenvalue weighted by Crippen LogP contribution is 2.30. The van der Waals surface area contributed by atoms with Crippen molar-refractivity contribution < 1.29 is 14.3 Å². The number of carbonyl (C=O) groups excluding carboxylic acids is 1. The van der Waals surface area contributed by atoms with Gasteiger partial charge < -0.3 is 9.47 Å². The summed E-state index contributed by atoms with van der Waals surface area (Å²) in [6.07, 6.45) is 1.81. The maximum Gasteiger partial charge on any atom is 0.280 e. The summed E-state index contributed by atoms with van der Waals surface area (Å²) in [5.74, 6) is 1.10. The van der Waals surface area contributed by atoms with Gasteiger partial charge in [-0.1, -0.05) is 22.0 Å². The first kappa shape index (κ1) is 17.2. The van der Waals surface area contributed by atoms with Crippen LogP contribution < -0.4 is 14.5 Å². The fourth-order valence-electron chi connectivity index (χ4n) is 2.55. The van der Waals surface area contributed by atoms with Gasteiger partial charge in [0.25, 0.3) is 5.91 Å². The summed E-state index contributed by atoms with van der Waals surface area (Å²) in [5, 5.41) is 5.80. The lowest BCUT2D eigenvalue weighted by Gasteiger charge is -2.11. The summed E-state index contributed by atoms with van der Waals surface area (Å²) in [6.45, 7) is 1.82. The smallest absolute Gasteiger partial charge is 0.280 e. The van der Waals surface area contributed by atoms with Gasteiger partial charge in [0.2, 0.25) is 0 Å². The standard InChI is InChI=1S/C19H17BrN2O3/c1-12-16(10-13-4-9-17(24-2)18(11-13)25-3)19(23)22(21-12)15-7-5-14(20)6-8-15/h4-11H,1-3H3/b16-10+. The highest BCUT2D eigenvalue weighted by atomic mass is 79.9. The summed E-state index contributed by atoms with van der Waals surface area (Å²) < 4.78 is 11.5. The summed E-state index contributed by atoms with van der Waals surface area (Å²) in [4.78, 5) is 12.8. The number of amides is 1. The molecule has 0 unspecified atom stereocenters. The molecule has 0 saturated heterocycles. The normalized spacial score (nSPS) is 15.5. The summed E-state index contributed by atoms with van der Waals surface area (Å²) in [7, 11) is 3.17. The molecule has 1 heterocycles. The van der Waals surface area contributed by atoms with E-state index in [9.17, 15) is 4.79 Å². The van der Waals surface area contributed by atoms with Gasteiger partial charge in [0.15, 0.2) is 11.5 Å². The molecule has 1 amide bonds. The van der Waals surface area contributed by atoms with Crippen LogP contribution in [0.5, 0.6) is 11.5 Å². The van der Waals surface area contributed by atoms with Gasteiger partial charge >= 0.3 is 0 Å². The number of halogens is 1. The van der Waals surface area contributed by atoms with Gasteiger partial charge in [0, 0.05) is 4.47 Å². The molecular formula is C19H17BrN2O3. The van der Waals surface area contributed by atoms with Gasteiger partial charge in [-0.25, -0.2) is 0 Å². The van der Waals surface area contributed by atoms with Crippen molar-refractivity contribution in [3.8, 4) is 11.5 Å². The Balaban J connectivity index is 1.93. The Morgan fingerprint density at radius 1 is 1.04 bits per heavy atom. The number of hydrogen-bond acceptors (Lipinski definition) is 4. The van der Waals surface area contributed by atoms with Crippen molar-refractivity contribution in [1.82, 2.24) is 0 Å². The fraction of sp³-hybridized carbons (Fsp3) is 0.158. The zero-order valence-corrected chi connectivity index (χ0v) is 15.7. The maximum atomic E-state index is 12.8. The summed E-state index contributed by atoms with van der Waals surface area (Å²) >= 11 is 3.39. The molecule has 128 valence electrons. The molecule has 0 bridgehead atoms. The third-order valence-electron chi connectivity index (χ3n) is 3.85. The van der Waals surface area contributed by atoms with E-state index in [2.05, 4.69) is 21.0 Å². The monoisotopic (exact) mass is 400 g/mol. The van der Waals surface area contributed by atoms with E-state index >= 15 is 0 Å². The van der Waals surface area contributed by atoms with Crippen molar-refractivity contribution in [3.05, 3.63) is 58.1 Å². The Bertz CT molecular complexity index is 873. The zero-order chi connectivity index (χ0) is 18.0. The Morgan fingerprint density at radius 2 is 1.72 bits per heavy atom. The van der Waals surface area contributed by atoms with Crippen LogP contribution >= 0.6 is 15.9 Å². The first-order chi connectivity index (χ1) is 12.0. The number of rotatable bonds is 4. The second kappa shape index (κ2) is 7.11. The molecule has 2 aromatic carbocycles. The second-order valence-corrected chi connectivity index (χ2v) is 6.37. The third-order valence-corrected chi connectivity index (χ3v) is 4.38. The molecule has 3 rings (SSSR count). The molecule has 0 N–H and O–H groups in total. The van der Waals surface area contributed by atoms with Gasteiger partial charge in [-0.3, -0.25) is 4.79 Å².